The van der Waals surface area contributed by atoms with Gasteiger partial charge in [-0.1, -0.05) is 25.1 Å². The van der Waals surface area contributed by atoms with Gasteiger partial charge >= 0.3 is 6.18 Å². The van der Waals surface area contributed by atoms with Crippen LogP contribution in [-0.4, -0.2) is 42.2 Å². The third kappa shape index (κ3) is 6.94. The number of hydrogen-bond donors (Lipinski definition) is 1. The fraction of sp³-hybridized carbons (Fsp3) is 0.296. The monoisotopic (exact) mass is 566 g/mol. The summed E-state index contributed by atoms with van der Waals surface area (Å²) in [4.78, 5) is 12.9. The highest BCUT2D eigenvalue weighted by molar-refractivity contribution is 7.92. The number of carbonyl (C=O) groups excluding carboxylic acids is 1. The highest BCUT2D eigenvalue weighted by atomic mass is 32.2. The summed E-state index contributed by atoms with van der Waals surface area (Å²) in [5.74, 6) is 0.262. The van der Waals surface area contributed by atoms with Crippen LogP contribution in [0.25, 0.3) is 0 Å². The maximum Gasteiger partial charge on any atom is 0.416 e. The first kappa shape index (κ1) is 29.6. The first-order valence-electron chi connectivity index (χ1n) is 11.8. The van der Waals surface area contributed by atoms with Crippen LogP contribution in [0.15, 0.2) is 71.6 Å². The lowest BCUT2D eigenvalue weighted by Gasteiger charge is -2.26. The largest absolute Gasteiger partial charge is 0.497 e. The number of hydrogen-bond acceptors (Lipinski definition) is 6. The second kappa shape index (κ2) is 12.3. The lowest BCUT2D eigenvalue weighted by Crippen LogP contribution is -2.42. The Morgan fingerprint density at radius 2 is 1.59 bits per heavy atom. The van der Waals surface area contributed by atoms with Crippen molar-refractivity contribution in [3.63, 3.8) is 0 Å². The van der Waals surface area contributed by atoms with Crippen LogP contribution < -0.4 is 23.8 Å². The van der Waals surface area contributed by atoms with Gasteiger partial charge in [0, 0.05) is 6.07 Å². The summed E-state index contributed by atoms with van der Waals surface area (Å²) in [6.45, 7) is 1.06. The Bertz CT molecular complexity index is 1400. The molecular weight excluding hydrogens is 537 g/mol. The molecule has 1 N–H and O–H groups in total. The summed E-state index contributed by atoms with van der Waals surface area (Å²) < 4.78 is 84.0. The van der Waals surface area contributed by atoms with Gasteiger partial charge in [0.2, 0.25) is 5.91 Å². The minimum atomic E-state index is -4.72. The number of methoxy groups -OCH3 is 3. The minimum absolute atomic E-state index is 0.0950. The zero-order valence-corrected chi connectivity index (χ0v) is 22.6. The standard InChI is InChI=1S/C27H29F3N2O6S/c1-5-23(18-9-11-21(36-2)12-10-18)31-26(33)17-32(20-8-6-7-19(15-20)27(28,29)30)39(34,35)22-13-14-24(37-3)25(16-22)38-4/h6-16,23H,5,17H2,1-4H3,(H,31,33). The molecule has 3 rings (SSSR count). The Morgan fingerprint density at radius 3 is 2.15 bits per heavy atom. The highest BCUT2D eigenvalue weighted by Gasteiger charge is 2.34. The summed E-state index contributed by atoms with van der Waals surface area (Å²) in [6.07, 6.45) is -4.25. The molecule has 1 unspecified atom stereocenters. The molecule has 0 radical (unpaired) electrons. The normalized spacial score (nSPS) is 12.4. The van der Waals surface area contributed by atoms with Crippen molar-refractivity contribution in [2.45, 2.75) is 30.5 Å². The van der Waals surface area contributed by atoms with Crippen molar-refractivity contribution < 1.29 is 40.6 Å². The number of amides is 1. The van der Waals surface area contributed by atoms with E-state index < -0.39 is 40.3 Å². The topological polar surface area (TPSA) is 94.2 Å². The molecule has 1 atom stereocenters. The quantitative estimate of drug-likeness (QED) is 0.343. The second-order valence-electron chi connectivity index (χ2n) is 8.38. The maximum absolute atomic E-state index is 13.7. The van der Waals surface area contributed by atoms with Crippen LogP contribution in [0.1, 0.15) is 30.5 Å². The van der Waals surface area contributed by atoms with Crippen LogP contribution in [0.4, 0.5) is 18.9 Å². The molecule has 0 saturated carbocycles. The summed E-state index contributed by atoms with van der Waals surface area (Å²) in [7, 11) is -0.320. The van der Waals surface area contributed by atoms with Crippen LogP contribution in [0, 0.1) is 0 Å². The van der Waals surface area contributed by atoms with Crippen LogP contribution in [-0.2, 0) is 21.0 Å². The average Bonchev–Trinajstić information content (AvgIpc) is 2.93. The first-order valence-corrected chi connectivity index (χ1v) is 13.2. The molecule has 39 heavy (non-hydrogen) atoms. The Morgan fingerprint density at radius 1 is 0.923 bits per heavy atom. The predicted molar refractivity (Wildman–Crippen MR) is 140 cm³/mol. The lowest BCUT2D eigenvalue weighted by atomic mass is 10.0. The number of halogens is 3. The average molecular weight is 567 g/mol. The van der Waals surface area contributed by atoms with Crippen molar-refractivity contribution in [2.75, 3.05) is 32.2 Å². The minimum Gasteiger partial charge on any atom is -0.497 e. The number of alkyl halides is 3. The molecular formula is C27H29F3N2O6S. The van der Waals surface area contributed by atoms with E-state index in [2.05, 4.69) is 5.32 Å². The van der Waals surface area contributed by atoms with E-state index in [-0.39, 0.29) is 22.1 Å². The van der Waals surface area contributed by atoms with E-state index in [4.69, 9.17) is 14.2 Å². The van der Waals surface area contributed by atoms with E-state index >= 15 is 0 Å². The van der Waals surface area contributed by atoms with Crippen molar-refractivity contribution >= 4 is 21.6 Å². The van der Waals surface area contributed by atoms with Crippen LogP contribution >= 0.6 is 0 Å². The van der Waals surface area contributed by atoms with Crippen LogP contribution in [0.5, 0.6) is 17.2 Å². The molecule has 0 heterocycles. The smallest absolute Gasteiger partial charge is 0.416 e. The van der Waals surface area contributed by atoms with Crippen molar-refractivity contribution in [1.82, 2.24) is 5.32 Å². The summed E-state index contributed by atoms with van der Waals surface area (Å²) >= 11 is 0. The van der Waals surface area contributed by atoms with Crippen molar-refractivity contribution in [2.24, 2.45) is 0 Å². The van der Waals surface area contributed by atoms with Gasteiger partial charge in [-0.15, -0.1) is 0 Å². The van der Waals surface area contributed by atoms with Gasteiger partial charge in [-0.05, 0) is 54.4 Å². The SMILES string of the molecule is CCC(NC(=O)CN(c1cccc(C(F)(F)F)c1)S(=O)(=O)c1ccc(OC)c(OC)c1)c1ccc(OC)cc1. The molecule has 0 aromatic heterocycles. The number of nitrogens with zero attached hydrogens (tertiary/aromatic N) is 1. The van der Waals surface area contributed by atoms with Crippen molar-refractivity contribution in [3.8, 4) is 17.2 Å². The number of ether oxygens (including phenoxy) is 3. The number of rotatable bonds is 11. The fourth-order valence-electron chi connectivity index (χ4n) is 3.88. The van der Waals surface area contributed by atoms with Gasteiger partial charge in [0.25, 0.3) is 10.0 Å². The molecule has 12 heteroatoms. The zero-order valence-electron chi connectivity index (χ0n) is 21.8. The number of benzene rings is 3. The molecule has 0 aliphatic rings. The highest BCUT2D eigenvalue weighted by Crippen LogP contribution is 2.35. The predicted octanol–water partition coefficient (Wildman–Crippen LogP) is 5.19. The first-order chi connectivity index (χ1) is 18.4. The number of sulfonamides is 1. The Hall–Kier alpha value is -3.93. The van der Waals surface area contributed by atoms with E-state index in [9.17, 15) is 26.4 Å². The van der Waals surface area contributed by atoms with Gasteiger partial charge in [-0.25, -0.2) is 8.42 Å². The van der Waals surface area contributed by atoms with Gasteiger partial charge in [-0.2, -0.15) is 13.2 Å². The molecule has 8 nitrogen and oxygen atoms in total. The molecule has 210 valence electrons. The zero-order chi connectivity index (χ0) is 28.8. The maximum atomic E-state index is 13.7. The molecule has 0 aliphatic heterocycles. The van der Waals surface area contributed by atoms with E-state index in [1.165, 1.54) is 45.6 Å². The second-order valence-corrected chi connectivity index (χ2v) is 10.2. The lowest BCUT2D eigenvalue weighted by molar-refractivity contribution is -0.137. The molecule has 0 aliphatic carbocycles. The summed E-state index contributed by atoms with van der Waals surface area (Å²) in [6, 6.07) is 14.0. The van der Waals surface area contributed by atoms with Gasteiger partial charge in [0.05, 0.1) is 43.5 Å². The van der Waals surface area contributed by atoms with E-state index in [1.807, 2.05) is 6.92 Å². The Balaban J connectivity index is 2.01. The molecule has 3 aromatic carbocycles. The van der Waals surface area contributed by atoms with Crippen LogP contribution in [0.2, 0.25) is 0 Å². The van der Waals surface area contributed by atoms with E-state index in [0.717, 1.165) is 17.7 Å². The molecule has 1 amide bonds. The number of anilines is 1. The molecule has 0 spiro atoms. The van der Waals surface area contributed by atoms with Gasteiger partial charge in [-0.3, -0.25) is 9.10 Å². The molecule has 0 fully saturated rings. The number of nitrogens with one attached hydrogen (secondary N) is 1. The number of carbonyl (C=O) groups is 1. The third-order valence-corrected chi connectivity index (χ3v) is 7.72. The summed E-state index contributed by atoms with van der Waals surface area (Å²) in [5.41, 5.74) is -0.634. The van der Waals surface area contributed by atoms with E-state index in [1.54, 1.807) is 24.3 Å². The third-order valence-electron chi connectivity index (χ3n) is 5.95. The molecule has 0 bridgehead atoms. The molecule has 0 saturated heterocycles. The fourth-order valence-corrected chi connectivity index (χ4v) is 5.31. The Kier molecular flexibility index (Phi) is 9.33. The van der Waals surface area contributed by atoms with E-state index in [0.29, 0.717) is 22.5 Å². The van der Waals surface area contributed by atoms with Crippen molar-refractivity contribution in [3.05, 3.63) is 77.9 Å². The Labute approximate surface area is 225 Å². The van der Waals surface area contributed by atoms with Gasteiger partial charge in [0.15, 0.2) is 11.5 Å². The van der Waals surface area contributed by atoms with Gasteiger partial charge < -0.3 is 19.5 Å². The molecule has 3 aromatic rings. The van der Waals surface area contributed by atoms with Crippen molar-refractivity contribution in [1.29, 1.82) is 0 Å². The van der Waals surface area contributed by atoms with Gasteiger partial charge in [0.1, 0.15) is 12.3 Å². The summed E-state index contributed by atoms with van der Waals surface area (Å²) in [5, 5.41) is 2.78. The van der Waals surface area contributed by atoms with Crippen LogP contribution in [0.3, 0.4) is 0 Å².